The molecule has 0 saturated heterocycles. The van der Waals surface area contributed by atoms with E-state index in [4.69, 9.17) is 5.26 Å². The third-order valence-electron chi connectivity index (χ3n) is 4.08. The molecular weight excluding hydrogens is 236 g/mol. The highest BCUT2D eigenvalue weighted by atomic mass is 15.2. The van der Waals surface area contributed by atoms with Crippen LogP contribution in [0.3, 0.4) is 0 Å². The SMILES string of the molecule is CNC1CCC(N(C)c2cc(C#N)cc(C)n2)CC1. The van der Waals surface area contributed by atoms with Crippen LogP contribution >= 0.6 is 0 Å². The van der Waals surface area contributed by atoms with Crippen LogP contribution < -0.4 is 10.2 Å². The molecule has 1 fully saturated rings. The van der Waals surface area contributed by atoms with Gasteiger partial charge in [-0.05, 0) is 51.8 Å². The van der Waals surface area contributed by atoms with Crippen molar-refractivity contribution in [2.24, 2.45) is 0 Å². The van der Waals surface area contributed by atoms with E-state index in [2.05, 4.69) is 28.3 Å². The number of aryl methyl sites for hydroxylation is 1. The average molecular weight is 258 g/mol. The van der Waals surface area contributed by atoms with Crippen molar-refractivity contribution in [1.82, 2.24) is 10.3 Å². The molecule has 1 N–H and O–H groups in total. The minimum Gasteiger partial charge on any atom is -0.357 e. The number of hydrogen-bond acceptors (Lipinski definition) is 4. The molecule has 4 heteroatoms. The fourth-order valence-corrected chi connectivity index (χ4v) is 2.84. The molecule has 1 heterocycles. The van der Waals surface area contributed by atoms with Crippen LogP contribution in [0.15, 0.2) is 12.1 Å². The van der Waals surface area contributed by atoms with E-state index in [-0.39, 0.29) is 0 Å². The Bertz CT molecular complexity index is 470. The summed E-state index contributed by atoms with van der Waals surface area (Å²) in [5, 5.41) is 12.4. The lowest BCUT2D eigenvalue weighted by Gasteiger charge is -2.35. The van der Waals surface area contributed by atoms with Crippen LogP contribution in [-0.4, -0.2) is 31.2 Å². The van der Waals surface area contributed by atoms with Crippen molar-refractivity contribution in [1.29, 1.82) is 5.26 Å². The highest BCUT2D eigenvalue weighted by Crippen LogP contribution is 2.26. The summed E-state index contributed by atoms with van der Waals surface area (Å²) in [6, 6.07) is 7.11. The summed E-state index contributed by atoms with van der Waals surface area (Å²) in [7, 11) is 4.13. The van der Waals surface area contributed by atoms with Gasteiger partial charge in [0, 0.05) is 24.8 Å². The van der Waals surface area contributed by atoms with E-state index in [9.17, 15) is 0 Å². The Morgan fingerprint density at radius 3 is 2.58 bits per heavy atom. The number of aromatic nitrogens is 1. The number of hydrogen-bond donors (Lipinski definition) is 1. The minimum absolute atomic E-state index is 0.533. The van der Waals surface area contributed by atoms with E-state index in [1.807, 2.05) is 26.1 Å². The van der Waals surface area contributed by atoms with Crippen LogP contribution in [0.1, 0.15) is 36.9 Å². The predicted octanol–water partition coefficient (Wildman–Crippen LogP) is 2.23. The molecule has 0 bridgehead atoms. The lowest BCUT2D eigenvalue weighted by molar-refractivity contribution is 0.350. The van der Waals surface area contributed by atoms with Crippen molar-refractivity contribution in [3.05, 3.63) is 23.4 Å². The Labute approximate surface area is 115 Å². The first-order valence-corrected chi connectivity index (χ1v) is 6.93. The van der Waals surface area contributed by atoms with Gasteiger partial charge in [0.25, 0.3) is 0 Å². The highest BCUT2D eigenvalue weighted by Gasteiger charge is 2.24. The maximum Gasteiger partial charge on any atom is 0.130 e. The van der Waals surface area contributed by atoms with E-state index in [0.29, 0.717) is 17.6 Å². The van der Waals surface area contributed by atoms with Gasteiger partial charge in [0.1, 0.15) is 5.82 Å². The van der Waals surface area contributed by atoms with Gasteiger partial charge in [0.05, 0.1) is 11.6 Å². The zero-order chi connectivity index (χ0) is 13.8. The second-order valence-electron chi connectivity index (χ2n) is 5.37. The first-order chi connectivity index (χ1) is 9.13. The molecule has 0 radical (unpaired) electrons. The van der Waals surface area contributed by atoms with Crippen LogP contribution in [-0.2, 0) is 0 Å². The number of pyridine rings is 1. The zero-order valence-electron chi connectivity index (χ0n) is 12.0. The van der Waals surface area contributed by atoms with Gasteiger partial charge in [-0.2, -0.15) is 5.26 Å². The third kappa shape index (κ3) is 3.24. The molecule has 1 aromatic heterocycles. The molecule has 0 aliphatic heterocycles. The lowest BCUT2D eigenvalue weighted by Crippen LogP contribution is -2.40. The van der Waals surface area contributed by atoms with Gasteiger partial charge < -0.3 is 10.2 Å². The van der Waals surface area contributed by atoms with Crippen LogP contribution in [0.4, 0.5) is 5.82 Å². The number of nitrogens with one attached hydrogen (secondary N) is 1. The molecule has 19 heavy (non-hydrogen) atoms. The Hall–Kier alpha value is -1.60. The predicted molar refractivity (Wildman–Crippen MR) is 77.2 cm³/mol. The van der Waals surface area contributed by atoms with Gasteiger partial charge in [-0.15, -0.1) is 0 Å². The first-order valence-electron chi connectivity index (χ1n) is 6.93. The smallest absolute Gasteiger partial charge is 0.130 e. The summed E-state index contributed by atoms with van der Waals surface area (Å²) in [6.45, 7) is 1.94. The molecule has 0 atom stereocenters. The molecule has 1 aliphatic carbocycles. The molecule has 1 saturated carbocycles. The number of nitrogens with zero attached hydrogens (tertiary/aromatic N) is 3. The summed E-state index contributed by atoms with van der Waals surface area (Å²) >= 11 is 0. The molecule has 0 unspecified atom stereocenters. The Morgan fingerprint density at radius 1 is 1.32 bits per heavy atom. The van der Waals surface area contributed by atoms with Gasteiger partial charge in [0.15, 0.2) is 0 Å². The van der Waals surface area contributed by atoms with Crippen LogP contribution in [0, 0.1) is 18.3 Å². The first kappa shape index (κ1) is 13.8. The van der Waals surface area contributed by atoms with Crippen molar-refractivity contribution in [2.75, 3.05) is 19.0 Å². The fraction of sp³-hybridized carbons (Fsp3) is 0.600. The van der Waals surface area contributed by atoms with Crippen molar-refractivity contribution in [3.63, 3.8) is 0 Å². The van der Waals surface area contributed by atoms with Crippen molar-refractivity contribution >= 4 is 5.82 Å². The summed E-state index contributed by atoms with van der Waals surface area (Å²) in [4.78, 5) is 6.79. The van der Waals surface area contributed by atoms with E-state index >= 15 is 0 Å². The molecule has 1 aromatic rings. The van der Waals surface area contributed by atoms with Crippen molar-refractivity contribution in [3.8, 4) is 6.07 Å². The standard InChI is InChI=1S/C15H22N4/c1-11-8-12(10-16)9-15(18-11)19(3)14-6-4-13(17-2)5-7-14/h8-9,13-14,17H,4-7H2,1-3H3. The maximum absolute atomic E-state index is 9.04. The topological polar surface area (TPSA) is 52.0 Å². The van der Waals surface area contributed by atoms with Gasteiger partial charge in [-0.1, -0.05) is 0 Å². The molecule has 0 amide bonds. The van der Waals surface area contributed by atoms with Gasteiger partial charge in [0.2, 0.25) is 0 Å². The molecule has 102 valence electrons. The quantitative estimate of drug-likeness (QED) is 0.903. The van der Waals surface area contributed by atoms with E-state index in [0.717, 1.165) is 11.5 Å². The minimum atomic E-state index is 0.533. The van der Waals surface area contributed by atoms with E-state index in [1.165, 1.54) is 25.7 Å². The summed E-state index contributed by atoms with van der Waals surface area (Å²) < 4.78 is 0. The molecule has 4 nitrogen and oxygen atoms in total. The number of nitriles is 1. The van der Waals surface area contributed by atoms with Gasteiger partial charge in [-0.25, -0.2) is 4.98 Å². The summed E-state index contributed by atoms with van der Waals surface area (Å²) in [5.74, 6) is 0.921. The molecule has 0 spiro atoms. The number of anilines is 1. The molecular formula is C15H22N4. The normalized spacial score (nSPS) is 22.8. The third-order valence-corrected chi connectivity index (χ3v) is 4.08. The van der Waals surface area contributed by atoms with Crippen LogP contribution in [0.2, 0.25) is 0 Å². The van der Waals surface area contributed by atoms with Crippen molar-refractivity contribution < 1.29 is 0 Å². The molecule has 2 rings (SSSR count). The van der Waals surface area contributed by atoms with Crippen molar-refractivity contribution in [2.45, 2.75) is 44.7 Å². The fourth-order valence-electron chi connectivity index (χ4n) is 2.84. The Morgan fingerprint density at radius 2 is 2.00 bits per heavy atom. The summed E-state index contributed by atoms with van der Waals surface area (Å²) in [5.41, 5.74) is 1.60. The van der Waals surface area contributed by atoms with Gasteiger partial charge >= 0.3 is 0 Å². The largest absolute Gasteiger partial charge is 0.357 e. The molecule has 0 aromatic carbocycles. The van der Waals surface area contributed by atoms with E-state index < -0.39 is 0 Å². The summed E-state index contributed by atoms with van der Waals surface area (Å²) in [6.07, 6.45) is 4.78. The monoisotopic (exact) mass is 258 g/mol. The maximum atomic E-state index is 9.04. The highest BCUT2D eigenvalue weighted by molar-refractivity contribution is 5.46. The van der Waals surface area contributed by atoms with E-state index in [1.54, 1.807) is 0 Å². The second-order valence-corrected chi connectivity index (χ2v) is 5.37. The second kappa shape index (κ2) is 6.03. The lowest BCUT2D eigenvalue weighted by atomic mass is 9.90. The van der Waals surface area contributed by atoms with Crippen LogP contribution in [0.25, 0.3) is 0 Å². The average Bonchev–Trinajstić information content (AvgIpc) is 2.46. The van der Waals surface area contributed by atoms with Crippen LogP contribution in [0.5, 0.6) is 0 Å². The molecule has 1 aliphatic rings. The van der Waals surface area contributed by atoms with Gasteiger partial charge in [-0.3, -0.25) is 0 Å². The zero-order valence-corrected chi connectivity index (χ0v) is 12.0. The Balaban J connectivity index is 2.10. The number of rotatable bonds is 3. The Kier molecular flexibility index (Phi) is 4.39.